The van der Waals surface area contributed by atoms with Gasteiger partial charge in [0.05, 0.1) is 17.6 Å². The van der Waals surface area contributed by atoms with Crippen molar-refractivity contribution < 1.29 is 13.2 Å². The van der Waals surface area contributed by atoms with E-state index in [1.807, 2.05) is 48.5 Å². The highest BCUT2D eigenvalue weighted by molar-refractivity contribution is 7.91. The number of ether oxygens (including phenoxy) is 1. The first-order valence-corrected chi connectivity index (χ1v) is 8.62. The van der Waals surface area contributed by atoms with Gasteiger partial charge in [-0.3, -0.25) is 0 Å². The Labute approximate surface area is 124 Å². The van der Waals surface area contributed by atoms with E-state index in [-0.39, 0.29) is 24.5 Å². The molecule has 110 valence electrons. The fraction of sp³-hybridized carbons (Fsp3) is 0.312. The first kappa shape index (κ1) is 15.3. The summed E-state index contributed by atoms with van der Waals surface area (Å²) in [4.78, 5) is 0. The van der Waals surface area contributed by atoms with Gasteiger partial charge in [-0.2, -0.15) is 5.26 Å². The highest BCUT2D eigenvalue weighted by atomic mass is 32.2. The Balaban J connectivity index is 1.95. The third-order valence-electron chi connectivity index (χ3n) is 3.15. The minimum Gasteiger partial charge on any atom is -0.492 e. The summed E-state index contributed by atoms with van der Waals surface area (Å²) in [6.07, 6.45) is 0.649. The molecule has 21 heavy (non-hydrogen) atoms. The van der Waals surface area contributed by atoms with E-state index in [0.717, 1.165) is 10.8 Å². The molecular formula is C16H17NO3S. The van der Waals surface area contributed by atoms with Gasteiger partial charge in [-0.25, -0.2) is 8.42 Å². The zero-order chi connectivity index (χ0) is 15.1. The zero-order valence-corrected chi connectivity index (χ0v) is 12.5. The smallest absolute Gasteiger partial charge is 0.153 e. The molecule has 0 aliphatic carbocycles. The second-order valence-electron chi connectivity index (χ2n) is 4.74. The van der Waals surface area contributed by atoms with E-state index in [4.69, 9.17) is 10.00 Å². The van der Waals surface area contributed by atoms with Crippen molar-refractivity contribution in [2.24, 2.45) is 0 Å². The van der Waals surface area contributed by atoms with Crippen molar-refractivity contribution in [1.82, 2.24) is 0 Å². The Bertz CT molecular complexity index is 742. The average Bonchev–Trinajstić information content (AvgIpc) is 2.47. The Hall–Kier alpha value is -2.06. The summed E-state index contributed by atoms with van der Waals surface area (Å²) in [6, 6.07) is 15.5. The van der Waals surface area contributed by atoms with Crippen LogP contribution < -0.4 is 4.74 Å². The largest absolute Gasteiger partial charge is 0.492 e. The van der Waals surface area contributed by atoms with Gasteiger partial charge in [0, 0.05) is 11.8 Å². The number of sulfone groups is 1. The number of nitriles is 1. The number of hydrogen-bond donors (Lipinski definition) is 0. The number of fused-ring (bicyclic) bond motifs is 1. The number of unbranched alkanes of at least 4 members (excludes halogenated alkanes) is 1. The summed E-state index contributed by atoms with van der Waals surface area (Å²) in [5, 5.41) is 10.5. The predicted octanol–water partition coefficient (Wildman–Crippen LogP) is 2.94. The highest BCUT2D eigenvalue weighted by Crippen LogP contribution is 2.25. The molecule has 0 aromatic heterocycles. The van der Waals surface area contributed by atoms with Crippen LogP contribution in [0.5, 0.6) is 5.75 Å². The van der Waals surface area contributed by atoms with Crippen molar-refractivity contribution in [2.45, 2.75) is 12.8 Å². The molecule has 0 amide bonds. The van der Waals surface area contributed by atoms with Gasteiger partial charge in [-0.15, -0.1) is 0 Å². The van der Waals surface area contributed by atoms with Crippen LogP contribution in [0.2, 0.25) is 0 Å². The minimum absolute atomic E-state index is 0.0261. The third-order valence-corrected chi connectivity index (χ3v) is 4.84. The van der Waals surface area contributed by atoms with Crippen LogP contribution in [-0.2, 0) is 9.84 Å². The molecule has 0 saturated carbocycles. The van der Waals surface area contributed by atoms with Crippen molar-refractivity contribution in [3.05, 3.63) is 42.5 Å². The van der Waals surface area contributed by atoms with Crippen LogP contribution in [-0.4, -0.2) is 26.5 Å². The fourth-order valence-electron chi connectivity index (χ4n) is 2.07. The molecule has 0 fully saturated rings. The zero-order valence-electron chi connectivity index (χ0n) is 11.7. The van der Waals surface area contributed by atoms with E-state index in [1.54, 1.807) is 0 Å². The van der Waals surface area contributed by atoms with Gasteiger partial charge in [0.25, 0.3) is 0 Å². The van der Waals surface area contributed by atoms with Crippen LogP contribution in [0.3, 0.4) is 0 Å². The number of benzene rings is 2. The lowest BCUT2D eigenvalue weighted by atomic mass is 10.1. The van der Waals surface area contributed by atoms with Crippen LogP contribution in [0.4, 0.5) is 0 Å². The molecule has 0 radical (unpaired) electrons. The summed E-state index contributed by atoms with van der Waals surface area (Å²) < 4.78 is 29.2. The molecule has 5 heteroatoms. The van der Waals surface area contributed by atoms with Crippen LogP contribution >= 0.6 is 0 Å². The molecule has 0 aliphatic heterocycles. The lowest BCUT2D eigenvalue weighted by molar-refractivity contribution is 0.345. The molecule has 0 N–H and O–H groups in total. The first-order chi connectivity index (χ1) is 10.1. The first-order valence-electron chi connectivity index (χ1n) is 6.80. The maximum absolute atomic E-state index is 11.8. The second-order valence-corrected chi connectivity index (χ2v) is 7.04. The number of hydrogen-bond acceptors (Lipinski definition) is 4. The van der Waals surface area contributed by atoms with Crippen LogP contribution in [0, 0.1) is 11.3 Å². The molecule has 2 aromatic carbocycles. The van der Waals surface area contributed by atoms with Crippen molar-refractivity contribution in [1.29, 1.82) is 5.26 Å². The van der Waals surface area contributed by atoms with E-state index in [0.29, 0.717) is 12.2 Å². The fourth-order valence-corrected chi connectivity index (χ4v) is 3.20. The van der Waals surface area contributed by atoms with E-state index in [1.165, 1.54) is 0 Å². The van der Waals surface area contributed by atoms with Gasteiger partial charge in [0.1, 0.15) is 12.4 Å². The Morgan fingerprint density at radius 1 is 1.05 bits per heavy atom. The normalized spacial score (nSPS) is 11.2. The van der Waals surface area contributed by atoms with Crippen LogP contribution in [0.1, 0.15) is 12.8 Å². The summed E-state index contributed by atoms with van der Waals surface area (Å²) >= 11 is 0. The van der Waals surface area contributed by atoms with Crippen molar-refractivity contribution in [3.63, 3.8) is 0 Å². The lowest BCUT2D eigenvalue weighted by Crippen LogP contribution is -2.17. The van der Waals surface area contributed by atoms with E-state index in [2.05, 4.69) is 0 Å². The van der Waals surface area contributed by atoms with Crippen molar-refractivity contribution in [2.75, 3.05) is 18.1 Å². The molecule has 4 nitrogen and oxygen atoms in total. The summed E-state index contributed by atoms with van der Waals surface area (Å²) in [5.41, 5.74) is 0. The summed E-state index contributed by atoms with van der Waals surface area (Å²) in [6.45, 7) is 0.128. The summed E-state index contributed by atoms with van der Waals surface area (Å²) in [7, 11) is -3.15. The van der Waals surface area contributed by atoms with Gasteiger partial charge in [-0.1, -0.05) is 36.4 Å². The molecule has 0 unspecified atom stereocenters. The van der Waals surface area contributed by atoms with Gasteiger partial charge >= 0.3 is 0 Å². The van der Waals surface area contributed by atoms with Crippen molar-refractivity contribution >= 4 is 20.6 Å². The van der Waals surface area contributed by atoms with Crippen LogP contribution in [0.15, 0.2) is 42.5 Å². The standard InChI is InChI=1S/C16H17NO3S/c17-10-3-4-12-21(18,19)13-11-20-16-9-5-7-14-6-1-2-8-15(14)16/h1-2,5-9H,3-4,11-13H2. The lowest BCUT2D eigenvalue weighted by Gasteiger charge is -2.09. The van der Waals surface area contributed by atoms with Gasteiger partial charge in [0.2, 0.25) is 0 Å². The molecular weight excluding hydrogens is 286 g/mol. The van der Waals surface area contributed by atoms with Crippen molar-refractivity contribution in [3.8, 4) is 11.8 Å². The van der Waals surface area contributed by atoms with Crippen LogP contribution in [0.25, 0.3) is 10.8 Å². The Morgan fingerprint density at radius 3 is 2.62 bits per heavy atom. The molecule has 2 aromatic rings. The number of nitrogens with zero attached hydrogens (tertiary/aromatic N) is 1. The predicted molar refractivity (Wildman–Crippen MR) is 82.9 cm³/mol. The molecule has 0 spiro atoms. The molecule has 0 bridgehead atoms. The topological polar surface area (TPSA) is 67.2 Å². The molecule has 0 heterocycles. The molecule has 0 saturated heterocycles. The Kier molecular flexibility index (Phi) is 5.18. The molecule has 0 aliphatic rings. The van der Waals surface area contributed by atoms with Gasteiger partial charge in [0.15, 0.2) is 9.84 Å². The number of rotatable bonds is 7. The summed E-state index contributed by atoms with van der Waals surface area (Å²) in [5.74, 6) is 0.710. The van der Waals surface area contributed by atoms with Gasteiger partial charge in [-0.05, 0) is 17.9 Å². The maximum atomic E-state index is 11.8. The van der Waals surface area contributed by atoms with E-state index >= 15 is 0 Å². The van der Waals surface area contributed by atoms with E-state index in [9.17, 15) is 8.42 Å². The van der Waals surface area contributed by atoms with E-state index < -0.39 is 9.84 Å². The molecule has 2 rings (SSSR count). The highest BCUT2D eigenvalue weighted by Gasteiger charge is 2.11. The average molecular weight is 303 g/mol. The molecule has 0 atom stereocenters. The Morgan fingerprint density at radius 2 is 1.81 bits per heavy atom. The quantitative estimate of drug-likeness (QED) is 0.738. The monoisotopic (exact) mass is 303 g/mol. The second kappa shape index (κ2) is 7.09. The third kappa shape index (κ3) is 4.47. The maximum Gasteiger partial charge on any atom is 0.153 e. The van der Waals surface area contributed by atoms with Gasteiger partial charge < -0.3 is 4.74 Å². The minimum atomic E-state index is -3.15. The SMILES string of the molecule is N#CCCCS(=O)(=O)CCOc1cccc2ccccc12.